The number of methoxy groups -OCH3 is 1. The third-order valence-corrected chi connectivity index (χ3v) is 5.32. The van der Waals surface area contributed by atoms with Gasteiger partial charge in [0.25, 0.3) is 5.91 Å². The van der Waals surface area contributed by atoms with Crippen LogP contribution in [0.5, 0.6) is 5.75 Å². The van der Waals surface area contributed by atoms with Gasteiger partial charge in [0, 0.05) is 23.5 Å². The van der Waals surface area contributed by atoms with Crippen LogP contribution >= 0.6 is 11.3 Å². The number of furan rings is 1. The number of nitrogens with zero attached hydrogens (tertiary/aromatic N) is 2. The quantitative estimate of drug-likeness (QED) is 0.700. The van der Waals surface area contributed by atoms with Gasteiger partial charge in [-0.3, -0.25) is 10.1 Å². The predicted octanol–water partition coefficient (Wildman–Crippen LogP) is 3.59. The summed E-state index contributed by atoms with van der Waals surface area (Å²) in [5, 5.41) is 6.13. The number of fused-ring (bicyclic) bond motifs is 1. The Morgan fingerprint density at radius 2 is 2.04 bits per heavy atom. The number of ether oxygens (including phenoxy) is 1. The summed E-state index contributed by atoms with van der Waals surface area (Å²) in [6, 6.07) is 10.2. The van der Waals surface area contributed by atoms with Gasteiger partial charge in [-0.05, 0) is 36.4 Å². The molecule has 2 aromatic heterocycles. The van der Waals surface area contributed by atoms with E-state index in [9.17, 15) is 9.59 Å². The molecule has 3 aromatic rings. The van der Waals surface area contributed by atoms with Crippen LogP contribution in [0, 0.1) is 0 Å². The highest BCUT2D eigenvalue weighted by Crippen LogP contribution is 2.29. The zero-order valence-corrected chi connectivity index (χ0v) is 15.9. The van der Waals surface area contributed by atoms with Crippen molar-refractivity contribution < 1.29 is 18.7 Å². The van der Waals surface area contributed by atoms with E-state index in [-0.39, 0.29) is 17.7 Å². The number of aromatic nitrogens is 1. The third kappa shape index (κ3) is 3.84. The zero-order valence-electron chi connectivity index (χ0n) is 15.1. The molecule has 0 aliphatic carbocycles. The highest BCUT2D eigenvalue weighted by Gasteiger charge is 2.25. The molecule has 8 nitrogen and oxygen atoms in total. The number of rotatable bonds is 4. The number of benzene rings is 1. The van der Waals surface area contributed by atoms with Gasteiger partial charge in [-0.2, -0.15) is 0 Å². The molecule has 3 heterocycles. The second-order valence-electron chi connectivity index (χ2n) is 6.15. The van der Waals surface area contributed by atoms with E-state index in [4.69, 9.17) is 9.15 Å². The van der Waals surface area contributed by atoms with E-state index in [1.807, 2.05) is 0 Å². The minimum absolute atomic E-state index is 0.176. The van der Waals surface area contributed by atoms with Crippen molar-refractivity contribution in [2.45, 2.75) is 13.0 Å². The van der Waals surface area contributed by atoms with Gasteiger partial charge in [0.15, 0.2) is 10.9 Å². The molecule has 3 amide bonds. The average molecular weight is 398 g/mol. The minimum atomic E-state index is -0.342. The number of nitrogens with one attached hydrogen (secondary N) is 2. The molecule has 28 heavy (non-hydrogen) atoms. The SMILES string of the molecule is COc1ccc(NC(=O)N2CCc3nc(NC(=O)c4ccco4)sc3C2)cc1. The van der Waals surface area contributed by atoms with E-state index in [2.05, 4.69) is 15.6 Å². The van der Waals surface area contributed by atoms with Crippen LogP contribution in [-0.4, -0.2) is 35.5 Å². The summed E-state index contributed by atoms with van der Waals surface area (Å²) in [6.45, 7) is 1.01. The number of carbonyl (C=O) groups excluding carboxylic acids is 2. The van der Waals surface area contributed by atoms with Crippen LogP contribution in [0.4, 0.5) is 15.6 Å². The molecule has 2 N–H and O–H groups in total. The smallest absolute Gasteiger partial charge is 0.322 e. The van der Waals surface area contributed by atoms with Gasteiger partial charge in [-0.25, -0.2) is 9.78 Å². The molecule has 144 valence electrons. The molecule has 0 radical (unpaired) electrons. The summed E-state index contributed by atoms with van der Waals surface area (Å²) in [5.74, 6) is 0.619. The Balaban J connectivity index is 1.39. The number of hydrogen-bond acceptors (Lipinski definition) is 6. The molecule has 1 aromatic carbocycles. The van der Waals surface area contributed by atoms with Crippen LogP contribution < -0.4 is 15.4 Å². The first-order valence-electron chi connectivity index (χ1n) is 8.66. The van der Waals surface area contributed by atoms with E-state index in [0.717, 1.165) is 16.3 Å². The summed E-state index contributed by atoms with van der Waals surface area (Å²) in [6.07, 6.45) is 2.08. The van der Waals surface area contributed by atoms with E-state index in [1.165, 1.54) is 17.6 Å². The number of urea groups is 1. The average Bonchev–Trinajstić information content (AvgIpc) is 3.37. The Labute approximate surface area is 165 Å². The van der Waals surface area contributed by atoms with Crippen LogP contribution in [-0.2, 0) is 13.0 Å². The molecule has 0 atom stereocenters. The van der Waals surface area contributed by atoms with Crippen molar-refractivity contribution in [3.63, 3.8) is 0 Å². The van der Waals surface area contributed by atoms with E-state index >= 15 is 0 Å². The fraction of sp³-hybridized carbons (Fsp3) is 0.211. The summed E-state index contributed by atoms with van der Waals surface area (Å²) >= 11 is 1.37. The van der Waals surface area contributed by atoms with Crippen LogP contribution in [0.3, 0.4) is 0 Å². The van der Waals surface area contributed by atoms with Gasteiger partial charge in [0.2, 0.25) is 0 Å². The summed E-state index contributed by atoms with van der Waals surface area (Å²) in [4.78, 5) is 31.8. The highest BCUT2D eigenvalue weighted by atomic mass is 32.1. The third-order valence-electron chi connectivity index (χ3n) is 4.33. The van der Waals surface area contributed by atoms with Gasteiger partial charge >= 0.3 is 6.03 Å². The monoisotopic (exact) mass is 398 g/mol. The molecule has 0 spiro atoms. The standard InChI is InChI=1S/C19H18N4O4S/c1-26-13-6-4-12(5-7-13)20-19(25)23-9-8-14-16(11-23)28-18(21-14)22-17(24)15-3-2-10-27-15/h2-7,10H,8-9,11H2,1H3,(H,20,25)(H,21,22,24). The number of thiazole rings is 1. The molecule has 1 aliphatic rings. The maximum atomic E-state index is 12.6. The van der Waals surface area contributed by atoms with Crippen LogP contribution in [0.1, 0.15) is 21.1 Å². The van der Waals surface area contributed by atoms with Gasteiger partial charge in [-0.15, -0.1) is 0 Å². The lowest BCUT2D eigenvalue weighted by molar-refractivity contribution is 0.0996. The van der Waals surface area contributed by atoms with Crippen molar-refractivity contribution in [1.82, 2.24) is 9.88 Å². The number of amides is 3. The lowest BCUT2D eigenvalue weighted by atomic mass is 10.2. The predicted molar refractivity (Wildman–Crippen MR) is 105 cm³/mol. The van der Waals surface area contributed by atoms with Crippen molar-refractivity contribution >= 4 is 34.1 Å². The fourth-order valence-corrected chi connectivity index (χ4v) is 3.88. The van der Waals surface area contributed by atoms with E-state index < -0.39 is 0 Å². The minimum Gasteiger partial charge on any atom is -0.497 e. The van der Waals surface area contributed by atoms with E-state index in [1.54, 1.807) is 48.4 Å². The van der Waals surface area contributed by atoms with Crippen LogP contribution in [0.25, 0.3) is 0 Å². The molecular weight excluding hydrogens is 380 g/mol. The first-order valence-corrected chi connectivity index (χ1v) is 9.47. The lowest BCUT2D eigenvalue weighted by Gasteiger charge is -2.26. The van der Waals surface area contributed by atoms with Crippen molar-refractivity contribution in [2.75, 3.05) is 24.3 Å². The van der Waals surface area contributed by atoms with Gasteiger partial charge in [0.1, 0.15) is 5.75 Å². The van der Waals surface area contributed by atoms with Gasteiger partial charge in [-0.1, -0.05) is 11.3 Å². The maximum Gasteiger partial charge on any atom is 0.322 e. The Bertz CT molecular complexity index is 982. The molecule has 0 saturated carbocycles. The summed E-state index contributed by atoms with van der Waals surface area (Å²) in [5.41, 5.74) is 1.61. The van der Waals surface area contributed by atoms with Crippen molar-refractivity contribution in [2.24, 2.45) is 0 Å². The molecule has 9 heteroatoms. The maximum absolute atomic E-state index is 12.6. The van der Waals surface area contributed by atoms with Gasteiger partial charge < -0.3 is 19.4 Å². The summed E-state index contributed by atoms with van der Waals surface area (Å²) < 4.78 is 10.2. The van der Waals surface area contributed by atoms with Crippen LogP contribution in [0.15, 0.2) is 47.1 Å². The van der Waals surface area contributed by atoms with E-state index in [0.29, 0.717) is 30.3 Å². The molecular formula is C19H18N4O4S. The number of anilines is 2. The fourth-order valence-electron chi connectivity index (χ4n) is 2.87. The Morgan fingerprint density at radius 3 is 2.75 bits per heavy atom. The Kier molecular flexibility index (Phi) is 4.98. The highest BCUT2D eigenvalue weighted by molar-refractivity contribution is 7.15. The number of hydrogen-bond donors (Lipinski definition) is 2. The largest absolute Gasteiger partial charge is 0.497 e. The molecule has 0 unspecified atom stereocenters. The first kappa shape index (κ1) is 18.1. The summed E-state index contributed by atoms with van der Waals surface area (Å²) in [7, 11) is 1.60. The van der Waals surface area contributed by atoms with Gasteiger partial charge in [0.05, 0.1) is 25.6 Å². The van der Waals surface area contributed by atoms with Crippen molar-refractivity contribution in [3.05, 3.63) is 59.0 Å². The molecule has 1 aliphatic heterocycles. The zero-order chi connectivity index (χ0) is 19.5. The Morgan fingerprint density at radius 1 is 1.21 bits per heavy atom. The van der Waals surface area contributed by atoms with Crippen molar-refractivity contribution in [3.8, 4) is 5.75 Å². The van der Waals surface area contributed by atoms with Crippen molar-refractivity contribution in [1.29, 1.82) is 0 Å². The topological polar surface area (TPSA) is 96.7 Å². The molecule has 0 fully saturated rings. The first-order chi connectivity index (χ1) is 13.6. The normalized spacial score (nSPS) is 13.0. The second kappa shape index (κ2) is 7.73. The second-order valence-corrected chi connectivity index (χ2v) is 7.23. The lowest BCUT2D eigenvalue weighted by Crippen LogP contribution is -2.38. The Hall–Kier alpha value is -3.33. The van der Waals surface area contributed by atoms with Crippen LogP contribution in [0.2, 0.25) is 0 Å². The molecule has 0 bridgehead atoms. The molecule has 0 saturated heterocycles. The number of carbonyl (C=O) groups is 2. The molecule has 4 rings (SSSR count).